The fourth-order valence-electron chi connectivity index (χ4n) is 1.60. The summed E-state index contributed by atoms with van der Waals surface area (Å²) in [6.45, 7) is 1.12. The van der Waals surface area contributed by atoms with E-state index in [0.29, 0.717) is 18.8 Å². The van der Waals surface area contributed by atoms with Crippen molar-refractivity contribution in [3.63, 3.8) is 0 Å². The van der Waals surface area contributed by atoms with Gasteiger partial charge in [-0.2, -0.15) is 0 Å². The molecule has 100 valence electrons. The van der Waals surface area contributed by atoms with Crippen molar-refractivity contribution >= 4 is 5.91 Å². The third-order valence-corrected chi connectivity index (χ3v) is 2.52. The zero-order chi connectivity index (χ0) is 13.5. The molecule has 2 rings (SSSR count). The van der Waals surface area contributed by atoms with Crippen molar-refractivity contribution in [2.45, 2.75) is 6.54 Å². The van der Waals surface area contributed by atoms with Crippen molar-refractivity contribution in [3.8, 4) is 5.75 Å². The maximum Gasteiger partial charge on any atom is 0.258 e. The summed E-state index contributed by atoms with van der Waals surface area (Å²) in [5.74, 6) is -0.262. The molecule has 0 saturated heterocycles. The molecule has 1 aromatic heterocycles. The maximum atomic E-state index is 12.9. The number of hydrogen-bond acceptors (Lipinski definition) is 2. The van der Waals surface area contributed by atoms with Crippen molar-refractivity contribution in [3.05, 3.63) is 54.6 Å². The summed E-state index contributed by atoms with van der Waals surface area (Å²) in [6.07, 6.45) is 3.85. The van der Waals surface area contributed by atoms with Crippen molar-refractivity contribution in [1.29, 1.82) is 0 Å². The lowest BCUT2D eigenvalue weighted by Gasteiger charge is -2.08. The third-order valence-electron chi connectivity index (χ3n) is 2.52. The first kappa shape index (κ1) is 13.1. The predicted molar refractivity (Wildman–Crippen MR) is 69.3 cm³/mol. The van der Waals surface area contributed by atoms with Crippen molar-refractivity contribution in [2.24, 2.45) is 0 Å². The molecule has 0 bridgehead atoms. The summed E-state index contributed by atoms with van der Waals surface area (Å²) in [5, 5.41) is 2.73. The highest BCUT2D eigenvalue weighted by molar-refractivity contribution is 5.77. The Kier molecular flexibility index (Phi) is 4.55. The molecule has 0 aliphatic carbocycles. The molecule has 0 aliphatic rings. The number of carbonyl (C=O) groups is 1. The molecular weight excluding hydrogens is 247 g/mol. The van der Waals surface area contributed by atoms with Gasteiger partial charge in [-0.1, -0.05) is 6.07 Å². The average molecular weight is 262 g/mol. The van der Waals surface area contributed by atoms with Crippen LogP contribution < -0.4 is 10.1 Å². The second kappa shape index (κ2) is 6.58. The summed E-state index contributed by atoms with van der Waals surface area (Å²) in [7, 11) is 0. The van der Waals surface area contributed by atoms with E-state index in [1.54, 1.807) is 6.07 Å². The fraction of sp³-hybridized carbons (Fsp3) is 0.214. The third kappa shape index (κ3) is 4.46. The topological polar surface area (TPSA) is 43.3 Å². The Morgan fingerprint density at radius 3 is 2.79 bits per heavy atom. The van der Waals surface area contributed by atoms with E-state index in [1.165, 1.54) is 18.2 Å². The van der Waals surface area contributed by atoms with E-state index in [0.717, 1.165) is 0 Å². The van der Waals surface area contributed by atoms with E-state index in [2.05, 4.69) is 5.32 Å². The average Bonchev–Trinajstić information content (AvgIpc) is 2.90. The SMILES string of the molecule is O=C(COc1cccc(F)c1)NCCn1cccc1. The first-order valence-electron chi connectivity index (χ1n) is 6.00. The Labute approximate surface area is 110 Å². The lowest BCUT2D eigenvalue weighted by molar-refractivity contribution is -0.123. The number of rotatable bonds is 6. The number of halogens is 1. The van der Waals surface area contributed by atoms with Gasteiger partial charge in [-0.15, -0.1) is 0 Å². The number of nitrogens with one attached hydrogen (secondary N) is 1. The molecule has 0 unspecified atom stereocenters. The van der Waals surface area contributed by atoms with Gasteiger partial charge in [0.15, 0.2) is 6.61 Å². The van der Waals surface area contributed by atoms with Gasteiger partial charge in [0, 0.05) is 31.5 Å². The Balaban J connectivity index is 1.67. The molecule has 0 aliphatic heterocycles. The smallest absolute Gasteiger partial charge is 0.258 e. The van der Waals surface area contributed by atoms with Crippen LogP contribution in [0.25, 0.3) is 0 Å². The Hall–Kier alpha value is -2.30. The Morgan fingerprint density at radius 2 is 2.05 bits per heavy atom. The van der Waals surface area contributed by atoms with E-state index in [-0.39, 0.29) is 18.3 Å². The van der Waals surface area contributed by atoms with Crippen molar-refractivity contribution in [2.75, 3.05) is 13.2 Å². The van der Waals surface area contributed by atoms with E-state index >= 15 is 0 Å². The van der Waals surface area contributed by atoms with Crippen molar-refractivity contribution < 1.29 is 13.9 Å². The Bertz CT molecular complexity index is 526. The van der Waals surface area contributed by atoms with Crippen LogP contribution in [0, 0.1) is 5.82 Å². The minimum atomic E-state index is -0.384. The number of hydrogen-bond donors (Lipinski definition) is 1. The van der Waals surface area contributed by atoms with E-state index in [1.807, 2.05) is 29.1 Å². The van der Waals surface area contributed by atoms with Crippen LogP contribution >= 0.6 is 0 Å². The number of aromatic nitrogens is 1. The summed E-state index contributed by atoms with van der Waals surface area (Å²) in [6, 6.07) is 9.56. The van der Waals surface area contributed by atoms with Crippen LogP contribution in [0.1, 0.15) is 0 Å². The van der Waals surface area contributed by atoms with Gasteiger partial charge in [0.1, 0.15) is 11.6 Å². The number of ether oxygens (including phenoxy) is 1. The molecule has 0 atom stereocenters. The van der Waals surface area contributed by atoms with Crippen LogP contribution in [0.5, 0.6) is 5.75 Å². The van der Waals surface area contributed by atoms with Gasteiger partial charge < -0.3 is 14.6 Å². The highest BCUT2D eigenvalue weighted by atomic mass is 19.1. The monoisotopic (exact) mass is 262 g/mol. The van der Waals surface area contributed by atoms with Crippen molar-refractivity contribution in [1.82, 2.24) is 9.88 Å². The number of benzene rings is 1. The minimum Gasteiger partial charge on any atom is -0.484 e. The van der Waals surface area contributed by atoms with Crippen LogP contribution in [-0.4, -0.2) is 23.6 Å². The summed E-state index contributed by atoms with van der Waals surface area (Å²) < 4.78 is 20.0. The van der Waals surface area contributed by atoms with Crippen LogP contribution in [0.2, 0.25) is 0 Å². The number of amides is 1. The molecule has 1 aromatic carbocycles. The minimum absolute atomic E-state index is 0.116. The van der Waals surface area contributed by atoms with Gasteiger partial charge in [0.25, 0.3) is 5.91 Å². The van der Waals surface area contributed by atoms with Gasteiger partial charge in [0.05, 0.1) is 0 Å². The molecule has 0 saturated carbocycles. The normalized spacial score (nSPS) is 10.2. The second-order valence-corrected chi connectivity index (χ2v) is 4.02. The molecule has 2 aromatic rings. The van der Waals surface area contributed by atoms with E-state index in [9.17, 15) is 9.18 Å². The summed E-state index contributed by atoms with van der Waals surface area (Å²) in [4.78, 5) is 11.5. The van der Waals surface area contributed by atoms with Crippen LogP contribution in [0.3, 0.4) is 0 Å². The van der Waals surface area contributed by atoms with Crippen LogP contribution in [0.4, 0.5) is 4.39 Å². The molecular formula is C14H15FN2O2. The van der Waals surface area contributed by atoms with Gasteiger partial charge in [-0.25, -0.2) is 4.39 Å². The van der Waals surface area contributed by atoms with Crippen LogP contribution in [0.15, 0.2) is 48.8 Å². The van der Waals surface area contributed by atoms with Gasteiger partial charge in [0.2, 0.25) is 0 Å². The number of nitrogens with zero attached hydrogens (tertiary/aromatic N) is 1. The lowest BCUT2D eigenvalue weighted by Crippen LogP contribution is -2.31. The highest BCUT2D eigenvalue weighted by Gasteiger charge is 2.02. The molecule has 19 heavy (non-hydrogen) atoms. The zero-order valence-electron chi connectivity index (χ0n) is 10.4. The largest absolute Gasteiger partial charge is 0.484 e. The fourth-order valence-corrected chi connectivity index (χ4v) is 1.60. The summed E-state index contributed by atoms with van der Waals surface area (Å²) in [5.41, 5.74) is 0. The van der Waals surface area contributed by atoms with Gasteiger partial charge in [-0.3, -0.25) is 4.79 Å². The van der Waals surface area contributed by atoms with E-state index in [4.69, 9.17) is 4.74 Å². The standard InChI is InChI=1S/C14H15FN2O2/c15-12-4-3-5-13(10-12)19-11-14(18)16-6-9-17-7-1-2-8-17/h1-5,7-8,10H,6,9,11H2,(H,16,18). The molecule has 5 heteroatoms. The Morgan fingerprint density at radius 1 is 1.26 bits per heavy atom. The first-order valence-corrected chi connectivity index (χ1v) is 6.00. The first-order chi connectivity index (χ1) is 9.24. The summed E-state index contributed by atoms with van der Waals surface area (Å²) >= 11 is 0. The predicted octanol–water partition coefficient (Wildman–Crippen LogP) is 1.82. The molecule has 1 heterocycles. The van der Waals surface area contributed by atoms with Crippen LogP contribution in [-0.2, 0) is 11.3 Å². The van der Waals surface area contributed by atoms with E-state index < -0.39 is 0 Å². The molecule has 0 spiro atoms. The molecule has 0 radical (unpaired) electrons. The zero-order valence-corrected chi connectivity index (χ0v) is 10.4. The second-order valence-electron chi connectivity index (χ2n) is 4.02. The molecule has 1 N–H and O–H groups in total. The van der Waals surface area contributed by atoms with Gasteiger partial charge in [-0.05, 0) is 24.3 Å². The maximum absolute atomic E-state index is 12.9. The quantitative estimate of drug-likeness (QED) is 0.863. The number of carbonyl (C=O) groups excluding carboxylic acids is 1. The highest BCUT2D eigenvalue weighted by Crippen LogP contribution is 2.11. The molecule has 0 fully saturated rings. The molecule has 4 nitrogen and oxygen atoms in total. The lowest BCUT2D eigenvalue weighted by atomic mass is 10.3. The molecule has 1 amide bonds. The van der Waals surface area contributed by atoms with Gasteiger partial charge >= 0.3 is 0 Å².